The number of fused-ring (bicyclic) bond motifs is 3. The first kappa shape index (κ1) is 16.2. The third-order valence-electron chi connectivity index (χ3n) is 4.52. The van der Waals surface area contributed by atoms with E-state index in [2.05, 4.69) is 10.4 Å². The monoisotopic (exact) mass is 349 g/mol. The molecule has 2 amide bonds. The summed E-state index contributed by atoms with van der Waals surface area (Å²) in [5.74, 6) is -0.776. The van der Waals surface area contributed by atoms with Crippen molar-refractivity contribution in [2.45, 2.75) is 11.4 Å². The molecular formula is C19H15N3O4. The summed E-state index contributed by atoms with van der Waals surface area (Å²) < 4.78 is 0. The molecule has 0 aromatic heterocycles. The number of Topliss-reactive ketones (excluding diaryl/α,β-unsaturated/α-hetero) is 1. The minimum absolute atomic E-state index is 0.120. The van der Waals surface area contributed by atoms with Crippen LogP contribution in [0, 0.1) is 0 Å². The van der Waals surface area contributed by atoms with Crippen molar-refractivity contribution in [2.75, 3.05) is 0 Å². The van der Waals surface area contributed by atoms with Crippen molar-refractivity contribution in [3.05, 3.63) is 77.4 Å². The molecule has 2 atom stereocenters. The minimum atomic E-state index is -2.48. The molecule has 1 fully saturated rings. The van der Waals surface area contributed by atoms with Gasteiger partial charge in [-0.1, -0.05) is 60.7 Å². The molecule has 130 valence electrons. The number of hydrazone groups is 1. The molecule has 0 bridgehead atoms. The SMILES string of the molecule is O=C1NC2(O)C(=O)c3ccccc3C2(O)N1N=CC=Cc1ccccc1. The van der Waals surface area contributed by atoms with Crippen LogP contribution < -0.4 is 5.32 Å². The number of carbonyl (C=O) groups excluding carboxylic acids is 2. The molecule has 2 unspecified atom stereocenters. The summed E-state index contributed by atoms with van der Waals surface area (Å²) in [7, 11) is 0. The second-order valence-electron chi connectivity index (χ2n) is 6.03. The van der Waals surface area contributed by atoms with E-state index in [9.17, 15) is 19.8 Å². The van der Waals surface area contributed by atoms with Crippen molar-refractivity contribution in [2.24, 2.45) is 5.10 Å². The molecule has 2 aromatic rings. The van der Waals surface area contributed by atoms with Crippen molar-refractivity contribution in [3.8, 4) is 0 Å². The summed E-state index contributed by atoms with van der Waals surface area (Å²) in [6.45, 7) is 0. The first-order valence-corrected chi connectivity index (χ1v) is 7.95. The Bertz CT molecular complexity index is 956. The fourth-order valence-electron chi connectivity index (χ4n) is 3.26. The lowest BCUT2D eigenvalue weighted by Crippen LogP contribution is -2.58. The highest BCUT2D eigenvalue weighted by Gasteiger charge is 2.72. The van der Waals surface area contributed by atoms with Crippen LogP contribution in [0.4, 0.5) is 4.79 Å². The molecule has 26 heavy (non-hydrogen) atoms. The molecule has 0 saturated carbocycles. The Labute approximate surface area is 148 Å². The van der Waals surface area contributed by atoms with E-state index in [1.165, 1.54) is 18.3 Å². The van der Waals surface area contributed by atoms with Crippen LogP contribution >= 0.6 is 0 Å². The summed E-state index contributed by atoms with van der Waals surface area (Å²) in [5.41, 5.74) is -3.60. The lowest BCUT2D eigenvalue weighted by atomic mass is 10.0. The highest BCUT2D eigenvalue weighted by molar-refractivity contribution is 6.11. The highest BCUT2D eigenvalue weighted by Crippen LogP contribution is 2.48. The van der Waals surface area contributed by atoms with E-state index in [1.54, 1.807) is 24.3 Å². The summed E-state index contributed by atoms with van der Waals surface area (Å²) in [4.78, 5) is 24.7. The third kappa shape index (κ3) is 2.05. The number of rotatable bonds is 3. The van der Waals surface area contributed by atoms with Crippen molar-refractivity contribution < 1.29 is 19.8 Å². The number of urea groups is 1. The lowest BCUT2D eigenvalue weighted by molar-refractivity contribution is -0.173. The van der Waals surface area contributed by atoms with Crippen LogP contribution in [0.25, 0.3) is 6.08 Å². The Hall–Kier alpha value is -3.29. The number of hydrogen-bond donors (Lipinski definition) is 3. The number of nitrogens with one attached hydrogen (secondary N) is 1. The second kappa shape index (κ2) is 5.62. The lowest BCUT2D eigenvalue weighted by Gasteiger charge is -2.31. The number of hydrogen-bond acceptors (Lipinski definition) is 5. The zero-order valence-electron chi connectivity index (χ0n) is 13.5. The maximum absolute atomic E-state index is 12.5. The number of amides is 2. The molecule has 1 aliphatic carbocycles. The zero-order chi connectivity index (χ0) is 18.4. The van der Waals surface area contributed by atoms with Gasteiger partial charge in [0.2, 0.25) is 11.5 Å². The average Bonchev–Trinajstić information content (AvgIpc) is 2.95. The van der Waals surface area contributed by atoms with Gasteiger partial charge in [0.25, 0.3) is 5.72 Å². The van der Waals surface area contributed by atoms with Crippen molar-refractivity contribution >= 4 is 24.1 Å². The molecule has 2 aliphatic rings. The van der Waals surface area contributed by atoms with Gasteiger partial charge in [-0.05, 0) is 11.6 Å². The van der Waals surface area contributed by atoms with Gasteiger partial charge < -0.3 is 10.2 Å². The Morgan fingerprint density at radius 3 is 2.46 bits per heavy atom. The normalized spacial score (nSPS) is 27.2. The first-order chi connectivity index (χ1) is 12.5. The molecule has 2 aromatic carbocycles. The van der Waals surface area contributed by atoms with Gasteiger partial charge in [0, 0.05) is 17.3 Å². The summed E-state index contributed by atoms with van der Waals surface area (Å²) in [6.07, 6.45) is 4.66. The smallest absolute Gasteiger partial charge is 0.343 e. The van der Waals surface area contributed by atoms with E-state index in [-0.39, 0.29) is 11.1 Å². The van der Waals surface area contributed by atoms with Gasteiger partial charge >= 0.3 is 6.03 Å². The van der Waals surface area contributed by atoms with Crippen molar-refractivity contribution in [3.63, 3.8) is 0 Å². The zero-order valence-corrected chi connectivity index (χ0v) is 13.5. The van der Waals surface area contributed by atoms with Gasteiger partial charge in [-0.3, -0.25) is 10.1 Å². The van der Waals surface area contributed by atoms with E-state index in [0.717, 1.165) is 5.56 Å². The first-order valence-electron chi connectivity index (χ1n) is 7.95. The fraction of sp³-hybridized carbons (Fsp3) is 0.105. The minimum Gasteiger partial charge on any atom is -0.361 e. The van der Waals surface area contributed by atoms with E-state index < -0.39 is 23.3 Å². The number of nitrogens with zero attached hydrogens (tertiary/aromatic N) is 2. The van der Waals surface area contributed by atoms with Gasteiger partial charge in [-0.25, -0.2) is 4.79 Å². The quantitative estimate of drug-likeness (QED) is 0.730. The highest BCUT2D eigenvalue weighted by atomic mass is 16.4. The Balaban J connectivity index is 1.69. The Morgan fingerprint density at radius 1 is 1.00 bits per heavy atom. The van der Waals surface area contributed by atoms with E-state index >= 15 is 0 Å². The predicted molar refractivity (Wildman–Crippen MR) is 94.0 cm³/mol. The molecular weight excluding hydrogens is 334 g/mol. The van der Waals surface area contributed by atoms with E-state index in [1.807, 2.05) is 30.3 Å². The van der Waals surface area contributed by atoms with Crippen LogP contribution in [-0.2, 0) is 5.72 Å². The van der Waals surface area contributed by atoms with Crippen LogP contribution in [0.1, 0.15) is 21.5 Å². The molecule has 1 saturated heterocycles. The second-order valence-corrected chi connectivity index (χ2v) is 6.03. The summed E-state index contributed by atoms with van der Waals surface area (Å²) >= 11 is 0. The van der Waals surface area contributed by atoms with Crippen LogP contribution in [-0.4, -0.2) is 39.0 Å². The standard InChI is InChI=1S/C19H15N3O4/c23-16-14-10-4-5-11-15(14)19(26)18(16,25)21-17(24)22(19)20-12-6-9-13-7-2-1-3-8-13/h1-12,25-26H,(H,21,24). The van der Waals surface area contributed by atoms with Gasteiger partial charge in [0.15, 0.2) is 0 Å². The summed E-state index contributed by atoms with van der Waals surface area (Å²) in [6, 6.07) is 14.8. The Morgan fingerprint density at radius 2 is 1.69 bits per heavy atom. The molecule has 0 spiro atoms. The van der Waals surface area contributed by atoms with Gasteiger partial charge in [-0.15, -0.1) is 0 Å². The fourth-order valence-corrected chi connectivity index (χ4v) is 3.26. The molecule has 7 nitrogen and oxygen atoms in total. The van der Waals surface area contributed by atoms with Crippen LogP contribution in [0.2, 0.25) is 0 Å². The largest absolute Gasteiger partial charge is 0.361 e. The van der Waals surface area contributed by atoms with Crippen molar-refractivity contribution in [1.82, 2.24) is 10.3 Å². The molecule has 1 aliphatic heterocycles. The molecule has 0 radical (unpaired) electrons. The van der Waals surface area contributed by atoms with Crippen LogP contribution in [0.15, 0.2) is 65.8 Å². The maximum Gasteiger partial charge on any atom is 0.343 e. The number of aliphatic hydroxyl groups is 2. The Kier molecular flexibility index (Phi) is 3.50. The number of carbonyl (C=O) groups is 2. The van der Waals surface area contributed by atoms with Gasteiger partial charge in [-0.2, -0.15) is 10.1 Å². The van der Waals surface area contributed by atoms with Crippen molar-refractivity contribution in [1.29, 1.82) is 0 Å². The topological polar surface area (TPSA) is 102 Å². The number of ketones is 1. The molecule has 3 N–H and O–H groups in total. The van der Waals surface area contributed by atoms with Gasteiger partial charge in [0.05, 0.1) is 0 Å². The molecule has 7 heteroatoms. The number of allylic oxidation sites excluding steroid dienone is 1. The van der Waals surface area contributed by atoms with Crippen LogP contribution in [0.5, 0.6) is 0 Å². The predicted octanol–water partition coefficient (Wildman–Crippen LogP) is 1.44. The van der Waals surface area contributed by atoms with E-state index in [4.69, 9.17) is 0 Å². The van der Waals surface area contributed by atoms with Crippen LogP contribution in [0.3, 0.4) is 0 Å². The summed E-state index contributed by atoms with van der Waals surface area (Å²) in [5, 5.41) is 28.6. The maximum atomic E-state index is 12.5. The third-order valence-corrected chi connectivity index (χ3v) is 4.52. The average molecular weight is 349 g/mol. The van der Waals surface area contributed by atoms with E-state index in [0.29, 0.717) is 5.01 Å². The number of benzene rings is 2. The van der Waals surface area contributed by atoms with Gasteiger partial charge in [0.1, 0.15) is 0 Å². The molecule has 4 rings (SSSR count). The molecule has 1 heterocycles.